The predicted molar refractivity (Wildman–Crippen MR) is 53.4 cm³/mol. The summed E-state index contributed by atoms with van der Waals surface area (Å²) in [7, 11) is 0. The van der Waals surface area contributed by atoms with E-state index < -0.39 is 29.3 Å². The molecule has 0 fully saturated rings. The molecule has 0 bridgehead atoms. The van der Waals surface area contributed by atoms with Gasteiger partial charge in [-0.3, -0.25) is 0 Å². The van der Waals surface area contributed by atoms with Gasteiger partial charge in [0.25, 0.3) is 0 Å². The van der Waals surface area contributed by atoms with E-state index in [1.165, 1.54) is 0 Å². The van der Waals surface area contributed by atoms with E-state index in [1.807, 2.05) is 0 Å². The predicted octanol–water partition coefficient (Wildman–Crippen LogP) is 2.22. The van der Waals surface area contributed by atoms with Crippen molar-refractivity contribution >= 4 is 27.0 Å². The third kappa shape index (κ3) is 2.09. The number of aromatic nitrogens is 3. The number of halogens is 4. The lowest BCUT2D eigenvalue weighted by Gasteiger charge is -2.09. The van der Waals surface area contributed by atoms with E-state index in [4.69, 9.17) is 5.11 Å². The first-order valence-electron chi connectivity index (χ1n) is 4.12. The Morgan fingerprint density at radius 1 is 1.12 bits per heavy atom. The number of hydrogen-bond donors (Lipinski definition) is 2. The molecule has 0 saturated carbocycles. The Bertz CT molecular complexity index is 603. The van der Waals surface area contributed by atoms with Gasteiger partial charge < -0.3 is 10.2 Å². The molecular formula is C8H3BrF3N3O2. The highest BCUT2D eigenvalue weighted by Crippen LogP contribution is 2.36. The first-order chi connectivity index (χ1) is 7.79. The minimum Gasteiger partial charge on any atom is -0.492 e. The zero-order chi connectivity index (χ0) is 12.8. The van der Waals surface area contributed by atoms with Gasteiger partial charge in [-0.05, 0) is 22.0 Å². The second kappa shape index (κ2) is 3.69. The van der Waals surface area contributed by atoms with Crippen molar-refractivity contribution in [3.8, 4) is 11.9 Å². The van der Waals surface area contributed by atoms with Gasteiger partial charge in [0.15, 0.2) is 11.2 Å². The lowest BCUT2D eigenvalue weighted by atomic mass is 10.3. The third-order valence-corrected chi connectivity index (χ3v) is 2.47. The number of aromatic hydroxyl groups is 2. The van der Waals surface area contributed by atoms with Gasteiger partial charge in [0.2, 0.25) is 5.88 Å². The largest absolute Gasteiger partial charge is 0.492 e. The average Bonchev–Trinajstić information content (AvgIpc) is 2.13. The molecule has 2 aromatic heterocycles. The maximum absolute atomic E-state index is 12.5. The number of rotatable bonds is 0. The van der Waals surface area contributed by atoms with Crippen LogP contribution in [0.1, 0.15) is 5.69 Å². The fraction of sp³-hybridized carbons (Fsp3) is 0.125. The molecule has 2 rings (SSSR count). The molecule has 0 spiro atoms. The van der Waals surface area contributed by atoms with Crippen LogP contribution in [0.4, 0.5) is 13.2 Å². The van der Waals surface area contributed by atoms with Crippen LogP contribution in [0.15, 0.2) is 10.5 Å². The molecule has 9 heteroatoms. The van der Waals surface area contributed by atoms with Crippen LogP contribution in [0.3, 0.4) is 0 Å². The smallest absolute Gasteiger partial charge is 0.434 e. The number of fused-ring (bicyclic) bond motifs is 1. The first kappa shape index (κ1) is 11.8. The van der Waals surface area contributed by atoms with Gasteiger partial charge in [-0.1, -0.05) is 0 Å². The van der Waals surface area contributed by atoms with Gasteiger partial charge in [0.05, 0.1) is 4.47 Å². The van der Waals surface area contributed by atoms with Crippen LogP contribution >= 0.6 is 15.9 Å². The van der Waals surface area contributed by atoms with Crippen LogP contribution in [-0.2, 0) is 6.18 Å². The highest BCUT2D eigenvalue weighted by atomic mass is 79.9. The Hall–Kier alpha value is -1.64. The third-order valence-electron chi connectivity index (χ3n) is 1.86. The molecule has 17 heavy (non-hydrogen) atoms. The van der Waals surface area contributed by atoms with Gasteiger partial charge in [-0.2, -0.15) is 23.1 Å². The van der Waals surface area contributed by atoms with Gasteiger partial charge in [0.1, 0.15) is 5.52 Å². The Morgan fingerprint density at radius 2 is 1.76 bits per heavy atom. The summed E-state index contributed by atoms with van der Waals surface area (Å²) in [6, 6.07) is 0.246. The van der Waals surface area contributed by atoms with Gasteiger partial charge >= 0.3 is 12.2 Å². The van der Waals surface area contributed by atoms with Crippen molar-refractivity contribution in [3.63, 3.8) is 0 Å². The summed E-state index contributed by atoms with van der Waals surface area (Å²) in [6.45, 7) is 0. The molecule has 0 atom stereocenters. The molecule has 0 saturated heterocycles. The maximum Gasteiger partial charge on any atom is 0.434 e. The van der Waals surface area contributed by atoms with E-state index in [1.54, 1.807) is 0 Å². The lowest BCUT2D eigenvalue weighted by Crippen LogP contribution is -2.09. The maximum atomic E-state index is 12.5. The quantitative estimate of drug-likeness (QED) is 0.780. The fourth-order valence-electron chi connectivity index (χ4n) is 1.21. The van der Waals surface area contributed by atoms with Crippen molar-refractivity contribution in [3.05, 3.63) is 16.2 Å². The monoisotopic (exact) mass is 309 g/mol. The van der Waals surface area contributed by atoms with Crippen LogP contribution in [0.2, 0.25) is 0 Å². The van der Waals surface area contributed by atoms with Gasteiger partial charge in [-0.25, -0.2) is 4.98 Å². The van der Waals surface area contributed by atoms with Crippen LogP contribution in [0.5, 0.6) is 11.9 Å². The number of nitrogens with zero attached hydrogens (tertiary/aromatic N) is 3. The minimum atomic E-state index is -4.67. The Kier molecular flexibility index (Phi) is 2.57. The molecule has 0 radical (unpaired) electrons. The minimum absolute atomic E-state index is 0.102. The Labute approximate surface area is 100 Å². The zero-order valence-electron chi connectivity index (χ0n) is 7.83. The van der Waals surface area contributed by atoms with E-state index in [0.717, 1.165) is 6.07 Å². The number of alkyl halides is 3. The first-order valence-corrected chi connectivity index (χ1v) is 4.92. The van der Waals surface area contributed by atoms with E-state index in [-0.39, 0.29) is 9.99 Å². The summed E-state index contributed by atoms with van der Waals surface area (Å²) >= 11 is 2.70. The van der Waals surface area contributed by atoms with E-state index >= 15 is 0 Å². The van der Waals surface area contributed by atoms with E-state index in [2.05, 4.69) is 30.9 Å². The molecule has 0 unspecified atom stereocenters. The summed E-state index contributed by atoms with van der Waals surface area (Å²) in [6.07, 6.45) is -4.67. The Balaban J connectivity index is 2.81. The fourth-order valence-corrected chi connectivity index (χ4v) is 1.74. The normalized spacial score (nSPS) is 12.0. The van der Waals surface area contributed by atoms with E-state index in [9.17, 15) is 18.3 Å². The van der Waals surface area contributed by atoms with E-state index in [0.29, 0.717) is 0 Å². The molecule has 2 N–H and O–H groups in total. The number of hydrogen-bond acceptors (Lipinski definition) is 5. The molecule has 0 amide bonds. The topological polar surface area (TPSA) is 79.1 Å². The van der Waals surface area contributed by atoms with Crippen LogP contribution in [0, 0.1) is 0 Å². The van der Waals surface area contributed by atoms with Crippen molar-refractivity contribution < 1.29 is 23.4 Å². The molecule has 2 aromatic rings. The van der Waals surface area contributed by atoms with Gasteiger partial charge in [0, 0.05) is 0 Å². The molecule has 0 aliphatic heterocycles. The zero-order valence-corrected chi connectivity index (χ0v) is 9.41. The lowest BCUT2D eigenvalue weighted by molar-refractivity contribution is -0.141. The average molecular weight is 310 g/mol. The molecule has 0 aliphatic carbocycles. The summed E-state index contributed by atoms with van der Waals surface area (Å²) in [4.78, 5) is 9.78. The van der Waals surface area contributed by atoms with Crippen molar-refractivity contribution in [2.75, 3.05) is 0 Å². The molecule has 90 valence electrons. The Morgan fingerprint density at radius 3 is 2.35 bits per heavy atom. The molecule has 5 nitrogen and oxygen atoms in total. The van der Waals surface area contributed by atoms with Crippen molar-refractivity contribution in [2.45, 2.75) is 6.18 Å². The van der Waals surface area contributed by atoms with Gasteiger partial charge in [-0.15, -0.1) is 0 Å². The second-order valence-electron chi connectivity index (χ2n) is 3.03. The summed E-state index contributed by atoms with van der Waals surface area (Å²) in [5.41, 5.74) is -1.73. The highest BCUT2D eigenvalue weighted by molar-refractivity contribution is 9.10. The molecule has 0 aliphatic rings. The summed E-state index contributed by atoms with van der Waals surface area (Å²) in [5, 5.41) is 18.3. The summed E-state index contributed by atoms with van der Waals surface area (Å²) < 4.78 is 37.2. The SMILES string of the molecule is Oc1nc(O)c2nc(C(F)(F)F)c(Br)cc2n1. The molecule has 0 aromatic carbocycles. The van der Waals surface area contributed by atoms with Crippen LogP contribution < -0.4 is 0 Å². The standard InChI is InChI=1S/C8H3BrF3N3O2/c9-2-1-3-4(6(16)15-7(17)13-3)14-5(2)8(10,11)12/h1H,(H2,13,15,16,17). The second-order valence-corrected chi connectivity index (χ2v) is 3.89. The van der Waals surface area contributed by atoms with Crippen molar-refractivity contribution in [1.29, 1.82) is 0 Å². The van der Waals surface area contributed by atoms with Crippen molar-refractivity contribution in [1.82, 2.24) is 15.0 Å². The highest BCUT2D eigenvalue weighted by Gasteiger charge is 2.35. The van der Waals surface area contributed by atoms with Crippen molar-refractivity contribution in [2.24, 2.45) is 0 Å². The van der Waals surface area contributed by atoms with Crippen LogP contribution in [-0.4, -0.2) is 25.2 Å². The number of pyridine rings is 1. The summed E-state index contributed by atoms with van der Waals surface area (Å²) in [5.74, 6) is -0.814. The van der Waals surface area contributed by atoms with Crippen LogP contribution in [0.25, 0.3) is 11.0 Å². The molecular weight excluding hydrogens is 307 g/mol. The molecule has 2 heterocycles.